The Morgan fingerprint density at radius 1 is 1.28 bits per heavy atom. The van der Waals surface area contributed by atoms with E-state index >= 15 is 0 Å². The summed E-state index contributed by atoms with van der Waals surface area (Å²) in [5.74, 6) is 1.61. The SMILES string of the molecule is CCOc1nc(N)nc(N(CC)CC2CCC2)n1. The number of nitrogens with zero attached hydrogens (tertiary/aromatic N) is 4. The van der Waals surface area contributed by atoms with Crippen LogP contribution >= 0.6 is 0 Å². The summed E-state index contributed by atoms with van der Waals surface area (Å²) in [5, 5.41) is 0. The molecule has 6 heteroatoms. The molecule has 0 amide bonds. The van der Waals surface area contributed by atoms with Gasteiger partial charge in [0, 0.05) is 13.1 Å². The van der Waals surface area contributed by atoms with Gasteiger partial charge in [0.05, 0.1) is 6.61 Å². The van der Waals surface area contributed by atoms with Crippen molar-refractivity contribution in [1.29, 1.82) is 0 Å². The molecule has 1 aromatic heterocycles. The van der Waals surface area contributed by atoms with E-state index in [-0.39, 0.29) is 5.95 Å². The maximum atomic E-state index is 5.69. The van der Waals surface area contributed by atoms with Gasteiger partial charge in [0.25, 0.3) is 0 Å². The van der Waals surface area contributed by atoms with Crippen LogP contribution in [-0.4, -0.2) is 34.6 Å². The summed E-state index contributed by atoms with van der Waals surface area (Å²) < 4.78 is 5.30. The van der Waals surface area contributed by atoms with E-state index in [1.807, 2.05) is 6.92 Å². The average Bonchev–Trinajstić information content (AvgIpc) is 2.27. The molecule has 18 heavy (non-hydrogen) atoms. The second-order valence-electron chi connectivity index (χ2n) is 4.54. The Morgan fingerprint density at radius 3 is 2.61 bits per heavy atom. The molecule has 0 unspecified atom stereocenters. The predicted octanol–water partition coefficient (Wildman–Crippen LogP) is 1.48. The van der Waals surface area contributed by atoms with Crippen molar-refractivity contribution in [3.63, 3.8) is 0 Å². The molecule has 1 aliphatic rings. The van der Waals surface area contributed by atoms with E-state index in [4.69, 9.17) is 10.5 Å². The number of rotatable bonds is 6. The van der Waals surface area contributed by atoms with Gasteiger partial charge in [0.1, 0.15) is 0 Å². The maximum Gasteiger partial charge on any atom is 0.323 e. The third-order valence-corrected chi connectivity index (χ3v) is 3.26. The van der Waals surface area contributed by atoms with Crippen molar-refractivity contribution < 1.29 is 4.74 Å². The molecule has 100 valence electrons. The highest BCUT2D eigenvalue weighted by atomic mass is 16.5. The first-order chi connectivity index (χ1) is 8.72. The number of hydrogen-bond donors (Lipinski definition) is 1. The van der Waals surface area contributed by atoms with Crippen molar-refractivity contribution in [3.05, 3.63) is 0 Å². The highest BCUT2D eigenvalue weighted by Crippen LogP contribution is 2.28. The van der Waals surface area contributed by atoms with E-state index in [1.54, 1.807) is 0 Å². The van der Waals surface area contributed by atoms with Crippen LogP contribution in [0.4, 0.5) is 11.9 Å². The number of hydrogen-bond acceptors (Lipinski definition) is 6. The molecule has 0 aliphatic heterocycles. The first kappa shape index (κ1) is 12.9. The lowest BCUT2D eigenvalue weighted by atomic mass is 9.85. The van der Waals surface area contributed by atoms with Gasteiger partial charge in [-0.2, -0.15) is 15.0 Å². The van der Waals surface area contributed by atoms with Crippen LogP contribution in [-0.2, 0) is 0 Å². The molecule has 2 rings (SSSR count). The van der Waals surface area contributed by atoms with E-state index < -0.39 is 0 Å². The molecule has 2 N–H and O–H groups in total. The molecule has 0 atom stereocenters. The molecule has 0 aromatic carbocycles. The van der Waals surface area contributed by atoms with E-state index in [9.17, 15) is 0 Å². The van der Waals surface area contributed by atoms with Gasteiger partial charge in [0.15, 0.2) is 0 Å². The topological polar surface area (TPSA) is 77.2 Å². The number of aromatic nitrogens is 3. The third kappa shape index (κ3) is 3.00. The summed E-state index contributed by atoms with van der Waals surface area (Å²) in [4.78, 5) is 14.6. The van der Waals surface area contributed by atoms with Gasteiger partial charge in [-0.25, -0.2) is 0 Å². The van der Waals surface area contributed by atoms with E-state index in [0.717, 1.165) is 19.0 Å². The zero-order valence-electron chi connectivity index (χ0n) is 11.1. The monoisotopic (exact) mass is 251 g/mol. The van der Waals surface area contributed by atoms with Gasteiger partial charge < -0.3 is 15.4 Å². The number of nitrogen functional groups attached to an aromatic ring is 1. The highest BCUT2D eigenvalue weighted by Gasteiger charge is 2.22. The van der Waals surface area contributed by atoms with Crippen LogP contribution in [0.2, 0.25) is 0 Å². The second kappa shape index (κ2) is 5.84. The summed E-state index contributed by atoms with van der Waals surface area (Å²) in [7, 11) is 0. The molecule has 0 radical (unpaired) electrons. The molecule has 1 aromatic rings. The highest BCUT2D eigenvalue weighted by molar-refractivity contribution is 5.35. The molecule has 1 fully saturated rings. The maximum absolute atomic E-state index is 5.69. The molecule has 1 saturated carbocycles. The third-order valence-electron chi connectivity index (χ3n) is 3.26. The minimum absolute atomic E-state index is 0.218. The summed E-state index contributed by atoms with van der Waals surface area (Å²) in [6.45, 7) is 6.37. The Morgan fingerprint density at radius 2 is 2.06 bits per heavy atom. The first-order valence-electron chi connectivity index (χ1n) is 6.62. The molecule has 6 nitrogen and oxygen atoms in total. The van der Waals surface area contributed by atoms with Gasteiger partial charge in [-0.1, -0.05) is 6.42 Å². The lowest BCUT2D eigenvalue weighted by Crippen LogP contribution is -2.34. The van der Waals surface area contributed by atoms with Crippen LogP contribution in [0.15, 0.2) is 0 Å². The van der Waals surface area contributed by atoms with Crippen molar-refractivity contribution in [2.24, 2.45) is 5.92 Å². The number of ether oxygens (including phenoxy) is 1. The Hall–Kier alpha value is -1.59. The van der Waals surface area contributed by atoms with E-state index in [0.29, 0.717) is 18.6 Å². The van der Waals surface area contributed by atoms with Crippen molar-refractivity contribution in [1.82, 2.24) is 15.0 Å². The summed E-state index contributed by atoms with van der Waals surface area (Å²) in [5.41, 5.74) is 5.69. The average molecular weight is 251 g/mol. The van der Waals surface area contributed by atoms with Crippen LogP contribution in [0.1, 0.15) is 33.1 Å². The smallest absolute Gasteiger partial charge is 0.323 e. The molecule has 0 saturated heterocycles. The number of anilines is 2. The van der Waals surface area contributed by atoms with E-state index in [2.05, 4.69) is 26.8 Å². The van der Waals surface area contributed by atoms with Crippen LogP contribution < -0.4 is 15.4 Å². The fourth-order valence-electron chi connectivity index (χ4n) is 2.04. The Kier molecular flexibility index (Phi) is 4.17. The quantitative estimate of drug-likeness (QED) is 0.825. The lowest BCUT2D eigenvalue weighted by Gasteiger charge is -2.31. The standard InChI is InChI=1S/C12H21N5O/c1-3-17(8-9-6-5-7-9)11-14-10(13)15-12(16-11)18-4-2/h9H,3-8H2,1-2H3,(H2,13,14,15,16). The molecular weight excluding hydrogens is 230 g/mol. The van der Waals surface area contributed by atoms with Crippen molar-refractivity contribution >= 4 is 11.9 Å². The first-order valence-corrected chi connectivity index (χ1v) is 6.62. The van der Waals surface area contributed by atoms with Crippen LogP contribution in [0.25, 0.3) is 0 Å². The van der Waals surface area contributed by atoms with Gasteiger partial charge in [0.2, 0.25) is 11.9 Å². The second-order valence-corrected chi connectivity index (χ2v) is 4.54. The summed E-state index contributed by atoms with van der Waals surface area (Å²) in [6, 6.07) is 0.312. The molecule has 0 bridgehead atoms. The van der Waals surface area contributed by atoms with Crippen LogP contribution in [0.3, 0.4) is 0 Å². The van der Waals surface area contributed by atoms with Crippen LogP contribution in [0, 0.1) is 5.92 Å². The van der Waals surface area contributed by atoms with Crippen molar-refractivity contribution in [2.75, 3.05) is 30.3 Å². The zero-order chi connectivity index (χ0) is 13.0. The minimum atomic E-state index is 0.218. The Labute approximate surface area is 108 Å². The predicted molar refractivity (Wildman–Crippen MR) is 70.6 cm³/mol. The van der Waals surface area contributed by atoms with Gasteiger partial charge in [-0.15, -0.1) is 0 Å². The molecular formula is C12H21N5O. The summed E-state index contributed by atoms with van der Waals surface area (Å²) >= 11 is 0. The zero-order valence-corrected chi connectivity index (χ0v) is 11.1. The molecule has 0 spiro atoms. The van der Waals surface area contributed by atoms with Gasteiger partial charge in [-0.3, -0.25) is 0 Å². The fourth-order valence-corrected chi connectivity index (χ4v) is 2.04. The normalized spacial score (nSPS) is 15.2. The minimum Gasteiger partial charge on any atom is -0.464 e. The summed E-state index contributed by atoms with van der Waals surface area (Å²) in [6.07, 6.45) is 3.94. The largest absolute Gasteiger partial charge is 0.464 e. The number of nitrogens with two attached hydrogens (primary N) is 1. The lowest BCUT2D eigenvalue weighted by molar-refractivity contribution is 0.307. The van der Waals surface area contributed by atoms with Gasteiger partial charge in [-0.05, 0) is 32.6 Å². The van der Waals surface area contributed by atoms with Crippen LogP contribution in [0.5, 0.6) is 6.01 Å². The molecule has 1 aliphatic carbocycles. The van der Waals surface area contributed by atoms with E-state index in [1.165, 1.54) is 19.3 Å². The Balaban J connectivity index is 2.12. The van der Waals surface area contributed by atoms with Gasteiger partial charge >= 0.3 is 6.01 Å². The molecule has 1 heterocycles. The van der Waals surface area contributed by atoms with Crippen molar-refractivity contribution in [3.8, 4) is 6.01 Å². The fraction of sp³-hybridized carbons (Fsp3) is 0.750. The Bertz CT molecular complexity index is 394. The van der Waals surface area contributed by atoms with Crippen molar-refractivity contribution in [2.45, 2.75) is 33.1 Å².